The molecule has 2 aromatic rings. The fourth-order valence-corrected chi connectivity index (χ4v) is 2.22. The molecule has 0 aliphatic heterocycles. The van der Waals surface area contributed by atoms with Crippen LogP contribution in [-0.2, 0) is 4.79 Å². The maximum Gasteiger partial charge on any atom is 0.329 e. The average molecular weight is 247 g/mol. The molecule has 0 radical (unpaired) electrons. The van der Waals surface area contributed by atoms with Gasteiger partial charge in [0.15, 0.2) is 0 Å². The molecule has 2 aromatic carbocycles. The number of carboxylic acid groups (broad SMARTS) is 1. The zero-order chi connectivity index (χ0) is 12.4. The molecule has 0 aromatic heterocycles. The normalized spacial score (nSPS) is 11.8. The van der Waals surface area contributed by atoms with E-state index in [4.69, 9.17) is 16.7 Å². The van der Waals surface area contributed by atoms with E-state index in [1.807, 2.05) is 43.3 Å². The number of hydrogen-bond donors (Lipinski definition) is 1. The zero-order valence-electron chi connectivity index (χ0n) is 9.27. The second-order valence-corrected chi connectivity index (χ2v) is 4.22. The fraction of sp³-hybridized carbons (Fsp3) is 0.0714. The van der Waals surface area contributed by atoms with Crippen molar-refractivity contribution in [2.75, 3.05) is 0 Å². The lowest BCUT2D eigenvalue weighted by Crippen LogP contribution is -1.92. The van der Waals surface area contributed by atoms with Crippen molar-refractivity contribution in [3.8, 4) is 0 Å². The molecule has 1 N–H and O–H groups in total. The SMILES string of the molecule is Cc1ccc2ccccc2c1C(Cl)=CC(=O)O. The molecular weight excluding hydrogens is 236 g/mol. The molecular formula is C14H11ClO2. The van der Waals surface area contributed by atoms with E-state index >= 15 is 0 Å². The highest BCUT2D eigenvalue weighted by atomic mass is 35.5. The molecule has 0 saturated heterocycles. The van der Waals surface area contributed by atoms with Crippen LogP contribution < -0.4 is 0 Å². The number of halogens is 1. The number of benzene rings is 2. The summed E-state index contributed by atoms with van der Waals surface area (Å²) in [5.41, 5.74) is 1.75. The summed E-state index contributed by atoms with van der Waals surface area (Å²) in [7, 11) is 0. The van der Waals surface area contributed by atoms with Crippen LogP contribution in [0.2, 0.25) is 0 Å². The highest BCUT2D eigenvalue weighted by Crippen LogP contribution is 2.30. The Labute approximate surface area is 104 Å². The second kappa shape index (κ2) is 4.60. The van der Waals surface area contributed by atoms with Gasteiger partial charge in [-0.2, -0.15) is 0 Å². The Kier molecular flexibility index (Phi) is 3.16. The molecule has 86 valence electrons. The zero-order valence-corrected chi connectivity index (χ0v) is 10.0. The van der Waals surface area contributed by atoms with E-state index < -0.39 is 5.97 Å². The number of aryl methyl sites for hydroxylation is 1. The minimum absolute atomic E-state index is 0.256. The number of rotatable bonds is 2. The molecule has 0 spiro atoms. The molecule has 2 nitrogen and oxygen atoms in total. The van der Waals surface area contributed by atoms with Crippen molar-refractivity contribution in [3.63, 3.8) is 0 Å². The van der Waals surface area contributed by atoms with Gasteiger partial charge in [-0.05, 0) is 23.3 Å². The van der Waals surface area contributed by atoms with Crippen LogP contribution in [0.15, 0.2) is 42.5 Å². The average Bonchev–Trinajstić information content (AvgIpc) is 2.27. The Hall–Kier alpha value is -1.80. The van der Waals surface area contributed by atoms with Crippen molar-refractivity contribution >= 4 is 33.4 Å². The third kappa shape index (κ3) is 2.32. The van der Waals surface area contributed by atoms with Crippen molar-refractivity contribution in [1.29, 1.82) is 0 Å². The van der Waals surface area contributed by atoms with Gasteiger partial charge in [-0.3, -0.25) is 0 Å². The predicted molar refractivity (Wildman–Crippen MR) is 70.2 cm³/mol. The first-order valence-corrected chi connectivity index (χ1v) is 5.56. The summed E-state index contributed by atoms with van der Waals surface area (Å²) in [4.78, 5) is 10.7. The monoisotopic (exact) mass is 246 g/mol. The molecule has 17 heavy (non-hydrogen) atoms. The van der Waals surface area contributed by atoms with Crippen molar-refractivity contribution in [2.45, 2.75) is 6.92 Å². The largest absolute Gasteiger partial charge is 0.478 e. The molecule has 0 amide bonds. The Morgan fingerprint density at radius 1 is 1.24 bits per heavy atom. The highest BCUT2D eigenvalue weighted by Gasteiger charge is 2.09. The predicted octanol–water partition coefficient (Wildman–Crippen LogP) is 3.81. The van der Waals surface area contributed by atoms with Crippen LogP contribution in [0.3, 0.4) is 0 Å². The number of hydrogen-bond acceptors (Lipinski definition) is 1. The quantitative estimate of drug-likeness (QED) is 0.818. The van der Waals surface area contributed by atoms with E-state index in [9.17, 15) is 4.79 Å². The summed E-state index contributed by atoms with van der Waals surface area (Å²) in [6.45, 7) is 1.92. The van der Waals surface area contributed by atoms with Gasteiger partial charge < -0.3 is 5.11 Å². The van der Waals surface area contributed by atoms with Crippen LogP contribution in [0.1, 0.15) is 11.1 Å². The number of aliphatic carboxylic acids is 1. The van der Waals surface area contributed by atoms with Crippen molar-refractivity contribution in [1.82, 2.24) is 0 Å². The molecule has 0 aliphatic carbocycles. The minimum Gasteiger partial charge on any atom is -0.478 e. The molecule has 0 fully saturated rings. The van der Waals surface area contributed by atoms with Crippen molar-refractivity contribution < 1.29 is 9.90 Å². The van der Waals surface area contributed by atoms with Crippen molar-refractivity contribution in [3.05, 3.63) is 53.6 Å². The first-order chi connectivity index (χ1) is 8.09. The fourth-order valence-electron chi connectivity index (χ4n) is 1.88. The molecule has 0 bridgehead atoms. The van der Waals surface area contributed by atoms with Gasteiger partial charge in [0.25, 0.3) is 0 Å². The first kappa shape index (κ1) is 11.7. The van der Waals surface area contributed by atoms with Crippen molar-refractivity contribution in [2.24, 2.45) is 0 Å². The molecule has 0 heterocycles. The lowest BCUT2D eigenvalue weighted by Gasteiger charge is -2.08. The van der Waals surface area contributed by atoms with Gasteiger partial charge in [-0.15, -0.1) is 0 Å². The Morgan fingerprint density at radius 2 is 1.94 bits per heavy atom. The molecule has 3 heteroatoms. The van der Waals surface area contributed by atoms with Crippen LogP contribution in [0.5, 0.6) is 0 Å². The summed E-state index contributed by atoms with van der Waals surface area (Å²) in [5.74, 6) is -1.04. The molecule has 0 unspecified atom stereocenters. The summed E-state index contributed by atoms with van der Waals surface area (Å²) < 4.78 is 0. The van der Waals surface area contributed by atoms with E-state index in [0.29, 0.717) is 0 Å². The van der Waals surface area contributed by atoms with Gasteiger partial charge in [0.1, 0.15) is 0 Å². The number of fused-ring (bicyclic) bond motifs is 1. The number of carboxylic acids is 1. The smallest absolute Gasteiger partial charge is 0.329 e. The Morgan fingerprint density at radius 3 is 2.65 bits per heavy atom. The molecule has 0 aliphatic rings. The maximum absolute atomic E-state index is 10.7. The first-order valence-electron chi connectivity index (χ1n) is 5.18. The highest BCUT2D eigenvalue weighted by molar-refractivity contribution is 6.51. The van der Waals surface area contributed by atoms with E-state index in [2.05, 4.69) is 0 Å². The third-order valence-electron chi connectivity index (χ3n) is 2.63. The van der Waals surface area contributed by atoms with Gasteiger partial charge in [0, 0.05) is 11.6 Å². The standard InChI is InChI=1S/C14H11ClO2/c1-9-6-7-10-4-2-3-5-11(10)14(9)12(15)8-13(16)17/h2-8H,1H3,(H,16,17). The lowest BCUT2D eigenvalue weighted by atomic mass is 9.99. The summed E-state index contributed by atoms with van der Waals surface area (Å²) in [6.07, 6.45) is 1.02. The van der Waals surface area contributed by atoms with Crippen LogP contribution in [-0.4, -0.2) is 11.1 Å². The van der Waals surface area contributed by atoms with E-state index in [0.717, 1.165) is 28.0 Å². The maximum atomic E-state index is 10.7. The molecule has 2 rings (SSSR count). The van der Waals surface area contributed by atoms with E-state index in [1.54, 1.807) is 0 Å². The second-order valence-electron chi connectivity index (χ2n) is 3.81. The summed E-state index contributed by atoms with van der Waals surface area (Å²) >= 11 is 6.07. The number of carbonyl (C=O) groups is 1. The van der Waals surface area contributed by atoms with Crippen LogP contribution in [0.4, 0.5) is 0 Å². The van der Waals surface area contributed by atoms with Gasteiger partial charge >= 0.3 is 5.97 Å². The Balaban J connectivity index is 2.75. The topological polar surface area (TPSA) is 37.3 Å². The molecule has 0 atom stereocenters. The summed E-state index contributed by atoms with van der Waals surface area (Å²) in [5, 5.41) is 11.0. The van der Waals surface area contributed by atoms with Gasteiger partial charge in [-0.25, -0.2) is 4.79 Å². The third-order valence-corrected chi connectivity index (χ3v) is 2.92. The minimum atomic E-state index is -1.04. The van der Waals surface area contributed by atoms with Gasteiger partial charge in [0.2, 0.25) is 0 Å². The van der Waals surface area contributed by atoms with Crippen LogP contribution in [0, 0.1) is 6.92 Å². The van der Waals surface area contributed by atoms with Gasteiger partial charge in [0.05, 0.1) is 5.03 Å². The van der Waals surface area contributed by atoms with E-state index in [-0.39, 0.29) is 5.03 Å². The summed E-state index contributed by atoms with van der Waals surface area (Å²) in [6, 6.07) is 11.7. The van der Waals surface area contributed by atoms with Crippen LogP contribution >= 0.6 is 11.6 Å². The Bertz CT molecular complexity index is 615. The van der Waals surface area contributed by atoms with E-state index in [1.165, 1.54) is 0 Å². The van der Waals surface area contributed by atoms with Gasteiger partial charge in [-0.1, -0.05) is 48.0 Å². The molecule has 0 saturated carbocycles. The van der Waals surface area contributed by atoms with Crippen LogP contribution in [0.25, 0.3) is 15.8 Å². The lowest BCUT2D eigenvalue weighted by molar-refractivity contribution is -0.131.